The van der Waals surface area contributed by atoms with E-state index in [-0.39, 0.29) is 29.8 Å². The molecule has 7 rings (SSSR count). The van der Waals surface area contributed by atoms with Crippen LogP contribution in [0.15, 0.2) is 61.0 Å². The molecule has 210 valence electrons. The first-order chi connectivity index (χ1) is 20.4. The first-order valence-corrected chi connectivity index (χ1v) is 12.8. The molecule has 3 N–H and O–H groups in total. The molecule has 0 saturated carbocycles. The Morgan fingerprint density at radius 3 is 2.81 bits per heavy atom. The fourth-order valence-electron chi connectivity index (χ4n) is 5.12. The van der Waals surface area contributed by atoms with Gasteiger partial charge < -0.3 is 15.1 Å². The highest BCUT2D eigenvalue weighted by atomic mass is 16.5. The highest BCUT2D eigenvalue weighted by Crippen LogP contribution is 2.33. The number of aromatic amines is 1. The average Bonchev–Trinajstić information content (AvgIpc) is 3.80. The molecule has 42 heavy (non-hydrogen) atoms. The van der Waals surface area contributed by atoms with Crippen molar-refractivity contribution < 1.29 is 18.5 Å². The molecule has 0 unspecified atom stereocenters. The molecule has 1 aliphatic rings. The van der Waals surface area contributed by atoms with Gasteiger partial charge in [0.25, 0.3) is 17.6 Å². The van der Waals surface area contributed by atoms with Gasteiger partial charge in [-0.2, -0.15) is 5.21 Å². The van der Waals surface area contributed by atoms with Crippen LogP contribution in [0.2, 0.25) is 0 Å². The Hall–Kier alpha value is -5.93. The molecule has 4 aromatic heterocycles. The van der Waals surface area contributed by atoms with E-state index in [0.717, 1.165) is 27.5 Å². The zero-order valence-electron chi connectivity index (χ0n) is 21.8. The smallest absolute Gasteiger partial charge is 0.408 e. The Kier molecular flexibility index (Phi) is 5.74. The van der Waals surface area contributed by atoms with Gasteiger partial charge in [-0.3, -0.25) is 18.7 Å². The maximum atomic E-state index is 13.3. The molecule has 1 atom stereocenters. The van der Waals surface area contributed by atoms with Crippen molar-refractivity contribution in [3.8, 4) is 11.4 Å². The van der Waals surface area contributed by atoms with Crippen LogP contribution in [-0.4, -0.2) is 51.5 Å². The molecule has 1 aliphatic carbocycles. The topological polar surface area (TPSA) is 208 Å². The summed E-state index contributed by atoms with van der Waals surface area (Å²) in [4.78, 5) is 54.8. The van der Waals surface area contributed by atoms with E-state index in [9.17, 15) is 19.2 Å². The number of carbonyl (C=O) groups excluding carboxylic acids is 2. The Balaban J connectivity index is 1.13. The zero-order chi connectivity index (χ0) is 29.0. The predicted octanol–water partition coefficient (Wildman–Crippen LogP) is 0.655. The zero-order valence-corrected chi connectivity index (χ0v) is 21.8. The minimum Gasteiger partial charge on any atom is -0.408 e. The molecular weight excluding hydrogens is 548 g/mol. The molecular formula is C26H20N10O6. The number of fused-ring (bicyclic) bond motifs is 3. The number of aryl methyl sites for hydroxylation is 2. The van der Waals surface area contributed by atoms with Gasteiger partial charge in [0.2, 0.25) is 5.82 Å². The maximum Gasteiger partial charge on any atom is 0.448 e. The summed E-state index contributed by atoms with van der Waals surface area (Å²) in [6, 6.07) is 11.7. The van der Waals surface area contributed by atoms with Crippen LogP contribution in [0.5, 0.6) is 0 Å². The summed E-state index contributed by atoms with van der Waals surface area (Å²) in [6.07, 6.45) is 1.38. The standard InChI is InChI=1S/C26H20N10O6/c1-35-18-8-12(2-7-20(18)41-25(35)39)11-27-23(38)19-10-17(29-24-32-42-26(40)36(19)24)22(37)28-16-6-4-13-9-14(3-5-15(13)16)21-30-33-34-31-21/h2-3,5,7-10,16H,4,6,11H2,1H3,(H,27,38)(H,28,37)(H,30,31,33,34)/t16-/m0/s1. The molecule has 0 saturated heterocycles. The number of rotatable bonds is 6. The van der Waals surface area contributed by atoms with Crippen LogP contribution in [0.25, 0.3) is 28.3 Å². The lowest BCUT2D eigenvalue weighted by atomic mass is 10.0. The van der Waals surface area contributed by atoms with E-state index in [4.69, 9.17) is 8.94 Å². The van der Waals surface area contributed by atoms with E-state index in [0.29, 0.717) is 28.9 Å². The van der Waals surface area contributed by atoms with Gasteiger partial charge in [-0.15, -0.1) is 10.2 Å². The fraction of sp³-hybridized carbons (Fsp3) is 0.192. The lowest BCUT2D eigenvalue weighted by Crippen LogP contribution is -2.31. The van der Waals surface area contributed by atoms with E-state index >= 15 is 0 Å². The van der Waals surface area contributed by atoms with Gasteiger partial charge in [0.05, 0.1) is 11.6 Å². The van der Waals surface area contributed by atoms with Crippen LogP contribution < -0.4 is 22.1 Å². The van der Waals surface area contributed by atoms with Gasteiger partial charge in [0.1, 0.15) is 11.4 Å². The SMILES string of the molecule is Cn1c(=O)oc2ccc(CNC(=O)c3cc(C(=O)N[C@H]4CCc5cc(-c6nn[nH]n6)ccc54)nc4noc(=O)n34)cc21. The third-order valence-corrected chi connectivity index (χ3v) is 7.23. The summed E-state index contributed by atoms with van der Waals surface area (Å²) in [6.45, 7) is 0.0597. The third-order valence-electron chi connectivity index (χ3n) is 7.23. The lowest BCUT2D eigenvalue weighted by molar-refractivity contribution is 0.0931. The van der Waals surface area contributed by atoms with Crippen molar-refractivity contribution in [1.29, 1.82) is 0 Å². The van der Waals surface area contributed by atoms with E-state index < -0.39 is 23.3 Å². The largest absolute Gasteiger partial charge is 0.448 e. The molecule has 0 aliphatic heterocycles. The maximum absolute atomic E-state index is 13.3. The van der Waals surface area contributed by atoms with Crippen LogP contribution in [0.4, 0.5) is 0 Å². The number of hydrogen-bond donors (Lipinski definition) is 3. The predicted molar refractivity (Wildman–Crippen MR) is 142 cm³/mol. The van der Waals surface area contributed by atoms with Crippen molar-refractivity contribution in [1.82, 2.24) is 50.4 Å². The van der Waals surface area contributed by atoms with Crippen molar-refractivity contribution in [3.63, 3.8) is 0 Å². The Labute approximate surface area is 233 Å². The Morgan fingerprint density at radius 2 is 1.98 bits per heavy atom. The molecule has 0 spiro atoms. The van der Waals surface area contributed by atoms with Crippen molar-refractivity contribution >= 4 is 28.7 Å². The van der Waals surface area contributed by atoms with Crippen molar-refractivity contribution in [2.24, 2.45) is 7.05 Å². The van der Waals surface area contributed by atoms with Gasteiger partial charge >= 0.3 is 11.5 Å². The molecule has 0 fully saturated rings. The van der Waals surface area contributed by atoms with E-state index in [1.807, 2.05) is 18.2 Å². The van der Waals surface area contributed by atoms with Crippen LogP contribution in [0.1, 0.15) is 50.1 Å². The molecule has 4 heterocycles. The molecule has 0 radical (unpaired) electrons. The first kappa shape index (κ1) is 25.1. The molecule has 0 bridgehead atoms. The molecule has 2 amide bonds. The monoisotopic (exact) mass is 568 g/mol. The van der Waals surface area contributed by atoms with Gasteiger partial charge in [-0.25, -0.2) is 19.0 Å². The number of carbonyl (C=O) groups is 2. The highest BCUT2D eigenvalue weighted by molar-refractivity contribution is 5.98. The summed E-state index contributed by atoms with van der Waals surface area (Å²) in [5.41, 5.74) is 4.16. The lowest BCUT2D eigenvalue weighted by Gasteiger charge is -2.14. The van der Waals surface area contributed by atoms with Gasteiger partial charge in [-0.05, 0) is 64.2 Å². The van der Waals surface area contributed by atoms with Crippen LogP contribution in [-0.2, 0) is 20.0 Å². The summed E-state index contributed by atoms with van der Waals surface area (Å²) in [7, 11) is 1.58. The minimum atomic E-state index is -0.924. The number of tetrazole rings is 1. The fourth-order valence-corrected chi connectivity index (χ4v) is 5.12. The van der Waals surface area contributed by atoms with Gasteiger partial charge in [0.15, 0.2) is 5.58 Å². The van der Waals surface area contributed by atoms with E-state index in [2.05, 4.69) is 41.4 Å². The van der Waals surface area contributed by atoms with Gasteiger partial charge in [0, 0.05) is 19.2 Å². The quantitative estimate of drug-likeness (QED) is 0.254. The summed E-state index contributed by atoms with van der Waals surface area (Å²) in [5, 5.41) is 23.3. The van der Waals surface area contributed by atoms with Gasteiger partial charge in [-0.1, -0.05) is 18.2 Å². The van der Waals surface area contributed by atoms with Crippen molar-refractivity contribution in [2.75, 3.05) is 0 Å². The number of nitrogens with zero attached hydrogens (tertiary/aromatic N) is 7. The van der Waals surface area contributed by atoms with Crippen molar-refractivity contribution in [3.05, 3.63) is 91.6 Å². The van der Waals surface area contributed by atoms with E-state index in [1.165, 1.54) is 10.6 Å². The van der Waals surface area contributed by atoms with E-state index in [1.54, 1.807) is 25.2 Å². The number of H-pyrrole nitrogens is 1. The summed E-state index contributed by atoms with van der Waals surface area (Å²) >= 11 is 0. The Morgan fingerprint density at radius 1 is 1.10 bits per heavy atom. The normalized spacial score (nSPS) is 14.4. The Bertz CT molecular complexity index is 2140. The second-order valence-electron chi connectivity index (χ2n) is 9.74. The van der Waals surface area contributed by atoms with Crippen molar-refractivity contribution in [2.45, 2.75) is 25.4 Å². The highest BCUT2D eigenvalue weighted by Gasteiger charge is 2.27. The molecule has 6 aromatic rings. The van der Waals surface area contributed by atoms with Crippen LogP contribution in [0.3, 0.4) is 0 Å². The molecule has 16 heteroatoms. The van der Waals surface area contributed by atoms with Crippen LogP contribution >= 0.6 is 0 Å². The molecule has 16 nitrogen and oxygen atoms in total. The second-order valence-corrected chi connectivity index (χ2v) is 9.74. The van der Waals surface area contributed by atoms with Crippen LogP contribution in [0, 0.1) is 0 Å². The number of hydrogen-bond acceptors (Lipinski definition) is 11. The summed E-state index contributed by atoms with van der Waals surface area (Å²) < 4.78 is 12.1. The number of amides is 2. The average molecular weight is 569 g/mol. The number of nitrogens with one attached hydrogen (secondary N) is 3. The minimum absolute atomic E-state index is 0.0597. The first-order valence-electron chi connectivity index (χ1n) is 12.8. The summed E-state index contributed by atoms with van der Waals surface area (Å²) in [5.74, 6) is -2.39. The molecule has 2 aromatic carbocycles. The third kappa shape index (κ3) is 4.21. The number of oxazole rings is 1. The number of benzene rings is 2. The second kappa shape index (κ2) is 9.61. The number of aromatic nitrogens is 8.